The number of nitriles is 1. The standard InChI is InChI=1S/C22H26ClN7O3/c23-19-11-17(2-3-20(19)31)26-30(33)18-5-6-27(14-18)15-22(32)29-9-7-28(8-10-29)21-4-1-16(12-24)13-25-21/h1-4,11,13,18,26,30-31H,5-10,14-15H2/t18-/m1/s1. The minimum atomic E-state index is -0.204. The third-order valence-corrected chi connectivity index (χ3v) is 6.35. The maximum Gasteiger partial charge on any atom is 0.236 e. The zero-order chi connectivity index (χ0) is 23.4. The first-order valence-electron chi connectivity index (χ1n) is 10.8. The summed E-state index contributed by atoms with van der Waals surface area (Å²) in [4.78, 5) is 23.1. The summed E-state index contributed by atoms with van der Waals surface area (Å²) < 4.78 is 0. The van der Waals surface area contributed by atoms with E-state index in [2.05, 4.69) is 21.4 Å². The normalized spacial score (nSPS) is 19.8. The lowest BCUT2D eigenvalue weighted by Crippen LogP contribution is -3.14. The fourth-order valence-electron chi connectivity index (χ4n) is 4.13. The van der Waals surface area contributed by atoms with Crippen LogP contribution in [0.15, 0.2) is 36.5 Å². The van der Waals surface area contributed by atoms with E-state index in [1.165, 1.54) is 12.1 Å². The fourth-order valence-corrected chi connectivity index (χ4v) is 4.32. The zero-order valence-corrected chi connectivity index (χ0v) is 18.8. The largest absolute Gasteiger partial charge is 0.608 e. The van der Waals surface area contributed by atoms with Gasteiger partial charge in [0.2, 0.25) is 5.91 Å². The van der Waals surface area contributed by atoms with E-state index in [9.17, 15) is 15.1 Å². The molecule has 3 N–H and O–H groups in total. The van der Waals surface area contributed by atoms with Crippen molar-refractivity contribution in [1.82, 2.24) is 14.8 Å². The number of nitrogens with zero attached hydrogens (tertiary/aromatic N) is 5. The van der Waals surface area contributed by atoms with Gasteiger partial charge in [-0.05, 0) is 30.3 Å². The molecule has 2 saturated heterocycles. The summed E-state index contributed by atoms with van der Waals surface area (Å²) in [7, 11) is 0. The van der Waals surface area contributed by atoms with Crippen LogP contribution in [0.4, 0.5) is 11.5 Å². The predicted molar refractivity (Wildman–Crippen MR) is 124 cm³/mol. The number of nitrogens with one attached hydrogen (secondary N) is 2. The molecule has 3 heterocycles. The summed E-state index contributed by atoms with van der Waals surface area (Å²) in [5.41, 5.74) is 3.89. The van der Waals surface area contributed by atoms with Gasteiger partial charge >= 0.3 is 0 Å². The van der Waals surface area contributed by atoms with Crippen molar-refractivity contribution in [1.29, 1.82) is 5.26 Å². The van der Waals surface area contributed by atoms with Crippen molar-refractivity contribution in [3.63, 3.8) is 0 Å². The highest BCUT2D eigenvalue weighted by atomic mass is 35.5. The number of hydroxylamine groups is 1. The first-order chi connectivity index (χ1) is 15.9. The van der Waals surface area contributed by atoms with Gasteiger partial charge < -0.3 is 20.1 Å². The highest BCUT2D eigenvalue weighted by molar-refractivity contribution is 6.32. The topological polar surface area (TPSA) is 123 Å². The summed E-state index contributed by atoms with van der Waals surface area (Å²) in [6.45, 7) is 4.10. The molecule has 33 heavy (non-hydrogen) atoms. The van der Waals surface area contributed by atoms with Crippen molar-refractivity contribution in [3.8, 4) is 11.8 Å². The summed E-state index contributed by atoms with van der Waals surface area (Å²) >= 11 is 5.90. The molecule has 0 bridgehead atoms. The number of rotatable bonds is 6. The van der Waals surface area contributed by atoms with Gasteiger partial charge in [-0.1, -0.05) is 11.6 Å². The number of quaternary nitrogens is 1. The number of phenolic OH excluding ortho intramolecular Hbond substituents is 1. The Morgan fingerprint density at radius 3 is 2.73 bits per heavy atom. The van der Waals surface area contributed by atoms with Crippen LogP contribution in [-0.2, 0) is 4.79 Å². The van der Waals surface area contributed by atoms with Gasteiger partial charge in [-0.3, -0.25) is 14.9 Å². The van der Waals surface area contributed by atoms with Crippen LogP contribution in [0.5, 0.6) is 5.75 Å². The van der Waals surface area contributed by atoms with Crippen molar-refractivity contribution in [2.24, 2.45) is 0 Å². The maximum atomic E-state index is 12.8. The summed E-state index contributed by atoms with van der Waals surface area (Å²) in [5, 5.41) is 31.1. The molecule has 2 fully saturated rings. The highest BCUT2D eigenvalue weighted by Crippen LogP contribution is 2.25. The fraction of sp³-hybridized carbons (Fsp3) is 0.409. The van der Waals surface area contributed by atoms with Gasteiger partial charge in [-0.15, -0.1) is 0 Å². The van der Waals surface area contributed by atoms with Crippen LogP contribution in [0, 0.1) is 16.5 Å². The predicted octanol–water partition coefficient (Wildman–Crippen LogP) is 0.445. The van der Waals surface area contributed by atoms with Crippen LogP contribution >= 0.6 is 11.6 Å². The van der Waals surface area contributed by atoms with E-state index in [0.717, 1.165) is 5.82 Å². The minimum Gasteiger partial charge on any atom is -0.608 e. The van der Waals surface area contributed by atoms with Crippen molar-refractivity contribution < 1.29 is 15.1 Å². The van der Waals surface area contributed by atoms with E-state index in [-0.39, 0.29) is 27.9 Å². The summed E-state index contributed by atoms with van der Waals surface area (Å²) in [6.07, 6.45) is 2.24. The average Bonchev–Trinajstić information content (AvgIpc) is 3.30. The molecule has 2 aliphatic heterocycles. The number of carbonyl (C=O) groups is 1. The van der Waals surface area contributed by atoms with Crippen LogP contribution in [0.1, 0.15) is 12.0 Å². The van der Waals surface area contributed by atoms with Crippen molar-refractivity contribution in [2.45, 2.75) is 12.5 Å². The molecule has 1 aromatic carbocycles. The second-order valence-corrected chi connectivity index (χ2v) is 8.67. The first-order valence-corrected chi connectivity index (χ1v) is 11.2. The van der Waals surface area contributed by atoms with Gasteiger partial charge in [0.1, 0.15) is 23.7 Å². The van der Waals surface area contributed by atoms with Crippen LogP contribution in [0.2, 0.25) is 5.02 Å². The van der Waals surface area contributed by atoms with Crippen LogP contribution in [0.3, 0.4) is 0 Å². The molecule has 11 heteroatoms. The Kier molecular flexibility index (Phi) is 7.15. The number of phenols is 1. The molecule has 0 spiro atoms. The van der Waals surface area contributed by atoms with Gasteiger partial charge in [0, 0.05) is 45.3 Å². The third-order valence-electron chi connectivity index (χ3n) is 6.05. The second-order valence-electron chi connectivity index (χ2n) is 8.26. The van der Waals surface area contributed by atoms with E-state index < -0.39 is 0 Å². The number of pyridine rings is 1. The third kappa shape index (κ3) is 5.64. The van der Waals surface area contributed by atoms with E-state index in [4.69, 9.17) is 16.9 Å². The molecular formula is C22H26ClN7O3. The molecular weight excluding hydrogens is 446 g/mol. The smallest absolute Gasteiger partial charge is 0.236 e. The molecule has 10 nitrogen and oxygen atoms in total. The van der Waals surface area contributed by atoms with Crippen molar-refractivity contribution in [2.75, 3.05) is 56.1 Å². The average molecular weight is 472 g/mol. The van der Waals surface area contributed by atoms with E-state index in [0.29, 0.717) is 63.5 Å². The Hall–Kier alpha value is -3.10. The number of aromatic hydroxyl groups is 1. The number of benzene rings is 1. The van der Waals surface area contributed by atoms with Crippen LogP contribution in [0.25, 0.3) is 0 Å². The van der Waals surface area contributed by atoms with Gasteiger partial charge in [0.05, 0.1) is 29.4 Å². The number of piperazine rings is 1. The van der Waals surface area contributed by atoms with E-state index in [1.54, 1.807) is 18.3 Å². The molecule has 1 unspecified atom stereocenters. The lowest BCUT2D eigenvalue weighted by molar-refractivity contribution is -0.850. The Morgan fingerprint density at radius 2 is 2.06 bits per heavy atom. The molecule has 4 rings (SSSR count). The Labute approximate surface area is 197 Å². The molecule has 0 aliphatic carbocycles. The molecule has 1 amide bonds. The Morgan fingerprint density at radius 1 is 1.27 bits per heavy atom. The number of carbonyl (C=O) groups excluding carboxylic acids is 1. The van der Waals surface area contributed by atoms with Gasteiger partial charge in [-0.2, -0.15) is 5.26 Å². The van der Waals surface area contributed by atoms with Gasteiger partial charge in [0.15, 0.2) is 0 Å². The minimum absolute atomic E-state index is 0.0331. The molecule has 2 atom stereocenters. The number of hydrogen-bond acceptors (Lipinski definition) is 8. The SMILES string of the molecule is N#Cc1ccc(N2CCN(C(=O)CN3CC[C@@H]([NH+]([O-])Nc4ccc(O)c(Cl)c4)C3)CC2)nc1. The monoisotopic (exact) mass is 471 g/mol. The first kappa shape index (κ1) is 23.1. The molecule has 0 saturated carbocycles. The van der Waals surface area contributed by atoms with Crippen molar-refractivity contribution >= 4 is 29.0 Å². The number of aromatic nitrogens is 1. The Balaban J connectivity index is 1.22. The molecule has 2 aromatic rings. The molecule has 174 valence electrons. The number of amides is 1. The molecule has 1 aromatic heterocycles. The summed E-state index contributed by atoms with van der Waals surface area (Å²) in [6, 6.07) is 9.99. The quantitative estimate of drug-likeness (QED) is 0.410. The van der Waals surface area contributed by atoms with Crippen molar-refractivity contribution in [3.05, 3.63) is 52.3 Å². The number of anilines is 2. The highest BCUT2D eigenvalue weighted by Gasteiger charge is 2.31. The van der Waals surface area contributed by atoms with E-state index >= 15 is 0 Å². The number of likely N-dealkylation sites (tertiary alicyclic amines) is 1. The maximum absolute atomic E-state index is 12.8. The molecule has 2 aliphatic rings. The van der Waals surface area contributed by atoms with Gasteiger partial charge in [0.25, 0.3) is 0 Å². The number of halogens is 1. The van der Waals surface area contributed by atoms with Crippen LogP contribution < -0.4 is 15.5 Å². The van der Waals surface area contributed by atoms with Gasteiger partial charge in [-0.25, -0.2) is 10.4 Å². The number of hydrogen-bond donors (Lipinski definition) is 3. The summed E-state index contributed by atoms with van der Waals surface area (Å²) in [5.74, 6) is 0.840. The van der Waals surface area contributed by atoms with Crippen LogP contribution in [-0.4, -0.2) is 77.7 Å². The molecule has 0 radical (unpaired) electrons. The lowest BCUT2D eigenvalue weighted by Gasteiger charge is -2.36. The van der Waals surface area contributed by atoms with E-state index in [1.807, 2.05) is 15.9 Å². The second kappa shape index (κ2) is 10.2. The lowest BCUT2D eigenvalue weighted by atomic mass is 10.2. The zero-order valence-electron chi connectivity index (χ0n) is 18.1. The Bertz CT molecular complexity index is 1020.